The van der Waals surface area contributed by atoms with Crippen LogP contribution in [0.4, 0.5) is 14.9 Å². The van der Waals surface area contributed by atoms with Crippen molar-refractivity contribution in [1.29, 1.82) is 0 Å². The molecule has 2 aromatic rings. The molecular formula is C17H17FN2O2S. The first-order valence-corrected chi connectivity index (χ1v) is 8.47. The molecular weight excluding hydrogens is 315 g/mol. The average Bonchev–Trinajstić information content (AvgIpc) is 2.96. The summed E-state index contributed by atoms with van der Waals surface area (Å²) in [6, 6.07) is 12.5. The topological polar surface area (TPSA) is 55.6 Å². The molecule has 4 nitrogen and oxygen atoms in total. The highest BCUT2D eigenvalue weighted by molar-refractivity contribution is 7.98. The molecule has 0 bridgehead atoms. The fourth-order valence-corrected chi connectivity index (χ4v) is 2.94. The summed E-state index contributed by atoms with van der Waals surface area (Å²) in [4.78, 5) is 14.3. The smallest absolute Gasteiger partial charge is 0.414 e. The summed E-state index contributed by atoms with van der Waals surface area (Å²) in [6.07, 6.45) is 1.16. The zero-order chi connectivity index (χ0) is 16.4. The number of nitrogens with two attached hydrogens (primary N) is 1. The lowest BCUT2D eigenvalue weighted by atomic mass is 10.0. The molecule has 3 rings (SSSR count). The highest BCUT2D eigenvalue weighted by Gasteiger charge is 2.31. The molecule has 6 heteroatoms. The largest absolute Gasteiger partial charge is 0.443 e. The molecule has 2 aromatic carbocycles. The number of rotatable bonds is 4. The van der Waals surface area contributed by atoms with Crippen LogP contribution in [0.25, 0.3) is 11.1 Å². The van der Waals surface area contributed by atoms with Crippen molar-refractivity contribution in [2.75, 3.05) is 24.2 Å². The molecule has 1 saturated heterocycles. The van der Waals surface area contributed by atoms with Gasteiger partial charge in [0.1, 0.15) is 11.9 Å². The molecule has 1 heterocycles. The predicted molar refractivity (Wildman–Crippen MR) is 90.3 cm³/mol. The van der Waals surface area contributed by atoms with Crippen molar-refractivity contribution >= 4 is 23.5 Å². The van der Waals surface area contributed by atoms with E-state index in [1.807, 2.05) is 30.5 Å². The summed E-state index contributed by atoms with van der Waals surface area (Å²) >= 11 is 1.64. The first-order valence-electron chi connectivity index (χ1n) is 7.24. The molecule has 120 valence electrons. The second-order valence-electron chi connectivity index (χ2n) is 5.24. The first kappa shape index (κ1) is 15.8. The number of hydrogen-bond acceptors (Lipinski definition) is 4. The highest BCUT2D eigenvalue weighted by Crippen LogP contribution is 2.30. The maximum atomic E-state index is 14.5. The van der Waals surface area contributed by atoms with E-state index in [9.17, 15) is 9.18 Å². The summed E-state index contributed by atoms with van der Waals surface area (Å²) in [5.74, 6) is -0.372. The molecule has 0 spiro atoms. The highest BCUT2D eigenvalue weighted by atomic mass is 32.2. The van der Waals surface area contributed by atoms with Gasteiger partial charge in [-0.3, -0.25) is 4.90 Å². The van der Waals surface area contributed by atoms with Crippen molar-refractivity contribution < 1.29 is 13.9 Å². The van der Waals surface area contributed by atoms with Gasteiger partial charge in [0.15, 0.2) is 0 Å². The van der Waals surface area contributed by atoms with Crippen LogP contribution in [0.3, 0.4) is 0 Å². The first-order chi connectivity index (χ1) is 11.1. The van der Waals surface area contributed by atoms with E-state index < -0.39 is 6.09 Å². The lowest BCUT2D eigenvalue weighted by molar-refractivity contribution is 0.145. The van der Waals surface area contributed by atoms with Gasteiger partial charge in [-0.1, -0.05) is 12.1 Å². The molecule has 0 saturated carbocycles. The van der Waals surface area contributed by atoms with Gasteiger partial charge >= 0.3 is 6.09 Å². The maximum Gasteiger partial charge on any atom is 0.414 e. The number of hydrogen-bond donors (Lipinski definition) is 1. The minimum atomic E-state index is -0.489. The molecule has 1 aliphatic heterocycles. The Morgan fingerprint density at radius 1 is 1.30 bits per heavy atom. The summed E-state index contributed by atoms with van der Waals surface area (Å²) in [6.45, 7) is 0.598. The van der Waals surface area contributed by atoms with Gasteiger partial charge in [-0.25, -0.2) is 9.18 Å². The van der Waals surface area contributed by atoms with E-state index in [0.717, 1.165) is 10.5 Å². The average molecular weight is 332 g/mol. The van der Waals surface area contributed by atoms with E-state index in [-0.39, 0.29) is 18.5 Å². The van der Waals surface area contributed by atoms with Gasteiger partial charge in [0, 0.05) is 17.0 Å². The molecule has 1 amide bonds. The molecule has 0 unspecified atom stereocenters. The van der Waals surface area contributed by atoms with E-state index in [1.165, 1.54) is 11.0 Å². The number of halogens is 1. The molecule has 1 atom stereocenters. The standard InChI is InChI=1S/C17H17FN2O2S/c1-23-14-5-2-11(3-6-14)15-7-4-12(8-16(15)18)20-10-13(9-19)22-17(20)21/h2-8,13H,9-10,19H2,1H3/t13-/m0/s1. The fraction of sp³-hybridized carbons (Fsp3) is 0.235. The van der Waals surface area contributed by atoms with Gasteiger partial charge < -0.3 is 10.5 Å². The second kappa shape index (κ2) is 6.60. The summed E-state index contributed by atoms with van der Waals surface area (Å²) in [5.41, 5.74) is 7.30. The number of carbonyl (C=O) groups excluding carboxylic acids is 1. The van der Waals surface area contributed by atoms with Gasteiger partial charge in [-0.05, 0) is 42.2 Å². The summed E-state index contributed by atoms with van der Waals surface area (Å²) in [5, 5.41) is 0. The summed E-state index contributed by atoms with van der Waals surface area (Å²) < 4.78 is 19.6. The van der Waals surface area contributed by atoms with Crippen molar-refractivity contribution in [3.63, 3.8) is 0 Å². The lowest BCUT2D eigenvalue weighted by Gasteiger charge is -2.14. The van der Waals surface area contributed by atoms with Crippen molar-refractivity contribution in [2.45, 2.75) is 11.0 Å². The number of cyclic esters (lactones) is 1. The van der Waals surface area contributed by atoms with E-state index >= 15 is 0 Å². The molecule has 2 N–H and O–H groups in total. The quantitative estimate of drug-likeness (QED) is 0.871. The van der Waals surface area contributed by atoms with Crippen LogP contribution in [0, 0.1) is 5.82 Å². The minimum Gasteiger partial charge on any atom is -0.443 e. The van der Waals surface area contributed by atoms with Gasteiger partial charge in [0.25, 0.3) is 0 Å². The Morgan fingerprint density at radius 3 is 2.61 bits per heavy atom. The molecule has 1 fully saturated rings. The lowest BCUT2D eigenvalue weighted by Crippen LogP contribution is -2.27. The number of thioether (sulfide) groups is 1. The van der Waals surface area contributed by atoms with Crippen LogP contribution in [-0.2, 0) is 4.74 Å². The van der Waals surface area contributed by atoms with Crippen LogP contribution in [0.1, 0.15) is 0 Å². The predicted octanol–water partition coefficient (Wildman–Crippen LogP) is 3.50. The van der Waals surface area contributed by atoms with Crippen LogP contribution in [0.2, 0.25) is 0 Å². The van der Waals surface area contributed by atoms with E-state index in [2.05, 4.69) is 0 Å². The second-order valence-corrected chi connectivity index (χ2v) is 6.12. The number of amides is 1. The molecule has 0 aromatic heterocycles. The third kappa shape index (κ3) is 3.18. The molecule has 1 aliphatic rings. The van der Waals surface area contributed by atoms with Crippen molar-refractivity contribution in [1.82, 2.24) is 0 Å². The Bertz CT molecular complexity index is 721. The number of benzene rings is 2. The van der Waals surface area contributed by atoms with Crippen LogP contribution in [0.15, 0.2) is 47.4 Å². The van der Waals surface area contributed by atoms with Crippen molar-refractivity contribution in [3.8, 4) is 11.1 Å². The Kier molecular flexibility index (Phi) is 4.54. The summed E-state index contributed by atoms with van der Waals surface area (Å²) in [7, 11) is 0. The van der Waals surface area contributed by atoms with E-state index in [4.69, 9.17) is 10.5 Å². The fourth-order valence-electron chi connectivity index (χ4n) is 2.53. The van der Waals surface area contributed by atoms with E-state index in [0.29, 0.717) is 17.8 Å². The number of carbonyl (C=O) groups is 1. The Balaban J connectivity index is 1.87. The zero-order valence-electron chi connectivity index (χ0n) is 12.7. The van der Waals surface area contributed by atoms with E-state index in [1.54, 1.807) is 23.9 Å². The number of anilines is 1. The third-order valence-electron chi connectivity index (χ3n) is 3.80. The molecule has 0 aliphatic carbocycles. The van der Waals surface area contributed by atoms with Crippen LogP contribution >= 0.6 is 11.8 Å². The normalized spacial score (nSPS) is 17.4. The van der Waals surface area contributed by atoms with Crippen LogP contribution in [-0.4, -0.2) is 31.5 Å². The Hall–Kier alpha value is -2.05. The molecule has 23 heavy (non-hydrogen) atoms. The van der Waals surface area contributed by atoms with Gasteiger partial charge in [-0.2, -0.15) is 0 Å². The van der Waals surface area contributed by atoms with Crippen molar-refractivity contribution in [2.24, 2.45) is 5.73 Å². The third-order valence-corrected chi connectivity index (χ3v) is 4.55. The number of nitrogens with zero attached hydrogens (tertiary/aromatic N) is 1. The Labute approximate surface area is 138 Å². The van der Waals surface area contributed by atoms with Crippen molar-refractivity contribution in [3.05, 3.63) is 48.3 Å². The van der Waals surface area contributed by atoms with Gasteiger partial charge in [0.2, 0.25) is 0 Å². The zero-order valence-corrected chi connectivity index (χ0v) is 13.5. The van der Waals surface area contributed by atoms with Crippen LogP contribution < -0.4 is 10.6 Å². The maximum absolute atomic E-state index is 14.5. The number of ether oxygens (including phenoxy) is 1. The van der Waals surface area contributed by atoms with Gasteiger partial charge in [-0.15, -0.1) is 11.8 Å². The SMILES string of the molecule is CSc1ccc(-c2ccc(N3C[C@H](CN)OC3=O)cc2F)cc1. The van der Waals surface area contributed by atoms with Gasteiger partial charge in [0.05, 0.1) is 12.2 Å². The molecule has 0 radical (unpaired) electrons. The van der Waals surface area contributed by atoms with Crippen LogP contribution in [0.5, 0.6) is 0 Å². The monoisotopic (exact) mass is 332 g/mol. The Morgan fingerprint density at radius 2 is 2.04 bits per heavy atom. The minimum absolute atomic E-state index is 0.255.